The highest BCUT2D eigenvalue weighted by Crippen LogP contribution is 2.53. The van der Waals surface area contributed by atoms with Crippen molar-refractivity contribution in [3.8, 4) is 5.75 Å². The number of benzene rings is 3. The van der Waals surface area contributed by atoms with Gasteiger partial charge in [0, 0.05) is 34.3 Å². The van der Waals surface area contributed by atoms with E-state index in [1.807, 2.05) is 12.1 Å². The van der Waals surface area contributed by atoms with E-state index in [-0.39, 0.29) is 11.8 Å². The summed E-state index contributed by atoms with van der Waals surface area (Å²) in [6.07, 6.45) is 5.01. The van der Waals surface area contributed by atoms with E-state index in [9.17, 15) is 0 Å². The maximum atomic E-state index is 6.79. The van der Waals surface area contributed by atoms with Crippen LogP contribution in [0.4, 0.5) is 0 Å². The number of ether oxygens (including phenoxy) is 1. The van der Waals surface area contributed by atoms with Gasteiger partial charge in [0.2, 0.25) is 0 Å². The fourth-order valence-corrected chi connectivity index (χ4v) is 6.03. The van der Waals surface area contributed by atoms with Gasteiger partial charge in [0.25, 0.3) is 0 Å². The lowest BCUT2D eigenvalue weighted by molar-refractivity contribution is -0.142. The van der Waals surface area contributed by atoms with E-state index in [1.54, 1.807) is 0 Å². The van der Waals surface area contributed by atoms with Gasteiger partial charge in [0.05, 0.1) is 11.8 Å². The maximum absolute atomic E-state index is 6.79. The molecule has 3 aliphatic rings. The lowest BCUT2D eigenvalue weighted by Crippen LogP contribution is -2.55. The highest BCUT2D eigenvalue weighted by molar-refractivity contribution is 9.10. The minimum absolute atomic E-state index is 0.190. The largest absolute Gasteiger partial charge is 0.466 e. The van der Waals surface area contributed by atoms with Gasteiger partial charge in [0.1, 0.15) is 5.75 Å². The van der Waals surface area contributed by atoms with Gasteiger partial charge in [-0.15, -0.1) is 0 Å². The molecule has 162 valence electrons. The van der Waals surface area contributed by atoms with Crippen LogP contribution in [-0.4, -0.2) is 16.4 Å². The van der Waals surface area contributed by atoms with Crippen molar-refractivity contribution in [2.75, 3.05) is 0 Å². The highest BCUT2D eigenvalue weighted by Gasteiger charge is 2.52. The molecule has 3 aromatic rings. The Balaban J connectivity index is 1.36. The first-order valence-corrected chi connectivity index (χ1v) is 12.4. The number of hydrogen-bond acceptors (Lipinski definition) is 3. The van der Waals surface area contributed by atoms with Crippen molar-refractivity contribution in [3.05, 3.63) is 99.0 Å². The molecule has 6 rings (SSSR count). The third-order valence-electron chi connectivity index (χ3n) is 7.17. The molecular weight excluding hydrogens is 484 g/mol. The van der Waals surface area contributed by atoms with Gasteiger partial charge in [-0.25, -0.2) is 5.01 Å². The van der Waals surface area contributed by atoms with Crippen molar-refractivity contribution in [2.45, 2.75) is 49.8 Å². The molecule has 0 amide bonds. The average Bonchev–Trinajstić information content (AvgIpc) is 3.28. The van der Waals surface area contributed by atoms with Crippen LogP contribution in [0, 0.1) is 0 Å². The molecule has 0 saturated heterocycles. The van der Waals surface area contributed by atoms with E-state index in [4.69, 9.17) is 21.4 Å². The zero-order chi connectivity index (χ0) is 21.7. The lowest BCUT2D eigenvalue weighted by atomic mass is 9.78. The molecule has 1 saturated carbocycles. The Labute approximate surface area is 202 Å². The van der Waals surface area contributed by atoms with Crippen molar-refractivity contribution in [3.63, 3.8) is 0 Å². The smallest absolute Gasteiger partial charge is 0.198 e. The van der Waals surface area contributed by atoms with E-state index in [2.05, 4.69) is 81.6 Å². The monoisotopic (exact) mass is 506 g/mol. The molecule has 0 radical (unpaired) electrons. The van der Waals surface area contributed by atoms with Gasteiger partial charge in [-0.3, -0.25) is 0 Å². The minimum atomic E-state index is -0.384. The van der Waals surface area contributed by atoms with Crippen LogP contribution in [0.1, 0.15) is 60.8 Å². The summed E-state index contributed by atoms with van der Waals surface area (Å²) in [4.78, 5) is 0. The third kappa shape index (κ3) is 3.45. The second-order valence-corrected chi connectivity index (χ2v) is 10.4. The molecule has 0 bridgehead atoms. The van der Waals surface area contributed by atoms with Gasteiger partial charge in [0.15, 0.2) is 5.72 Å². The summed E-state index contributed by atoms with van der Waals surface area (Å²) < 4.78 is 7.87. The zero-order valence-corrected chi connectivity index (χ0v) is 20.0. The van der Waals surface area contributed by atoms with Gasteiger partial charge < -0.3 is 4.74 Å². The summed E-state index contributed by atoms with van der Waals surface area (Å²) in [5.74, 6) is 1.58. The van der Waals surface area contributed by atoms with Crippen molar-refractivity contribution in [1.29, 1.82) is 0 Å². The molecule has 2 aliphatic heterocycles. The molecule has 1 atom stereocenters. The van der Waals surface area contributed by atoms with Gasteiger partial charge >= 0.3 is 0 Å². The normalized spacial score (nSPS) is 26.3. The summed E-state index contributed by atoms with van der Waals surface area (Å²) >= 11 is 9.78. The third-order valence-corrected chi connectivity index (χ3v) is 7.92. The zero-order valence-electron chi connectivity index (χ0n) is 17.7. The fourth-order valence-electron chi connectivity index (χ4n) is 5.53. The Morgan fingerprint density at radius 1 is 0.969 bits per heavy atom. The van der Waals surface area contributed by atoms with Crippen LogP contribution >= 0.6 is 27.5 Å². The van der Waals surface area contributed by atoms with Crippen LogP contribution < -0.4 is 4.74 Å². The van der Waals surface area contributed by atoms with Crippen LogP contribution in [-0.2, 0) is 0 Å². The lowest BCUT2D eigenvalue weighted by Gasteiger charge is -2.50. The summed E-state index contributed by atoms with van der Waals surface area (Å²) in [5.41, 5.74) is 4.50. The summed E-state index contributed by atoms with van der Waals surface area (Å²) in [5, 5.41) is 8.21. The fraction of sp³-hybridized carbons (Fsp3) is 0.296. The molecule has 0 unspecified atom stereocenters. The Kier molecular flexibility index (Phi) is 5.03. The number of fused-ring (bicyclic) bond motifs is 4. The first-order chi connectivity index (χ1) is 15.6. The van der Waals surface area contributed by atoms with Crippen molar-refractivity contribution in [1.82, 2.24) is 5.01 Å². The van der Waals surface area contributed by atoms with Crippen molar-refractivity contribution in [2.24, 2.45) is 5.10 Å². The van der Waals surface area contributed by atoms with Gasteiger partial charge in [-0.2, -0.15) is 5.10 Å². The first-order valence-electron chi connectivity index (χ1n) is 11.3. The predicted molar refractivity (Wildman–Crippen MR) is 132 cm³/mol. The number of rotatable bonds is 2. The molecular formula is C27H24BrClN2O. The number of hydrazone groups is 1. The number of nitrogens with zero attached hydrogens (tertiary/aromatic N) is 2. The van der Waals surface area contributed by atoms with Crippen LogP contribution in [0.2, 0.25) is 5.02 Å². The van der Waals surface area contributed by atoms with E-state index in [0.29, 0.717) is 5.92 Å². The second-order valence-electron chi connectivity index (χ2n) is 9.03. The standard InChI is InChI=1S/C27H24BrClN2O/c28-21-8-11-26-23(16-21)25-17-24(20-6-9-22(29)10-7-20)30-31(25)27(32-26)14-12-19(13-15-27)18-4-2-1-3-5-18/h1-11,16,19,25H,12-15,17H2/t19?,25-,27?/m1/s1. The molecule has 1 aliphatic carbocycles. The summed E-state index contributed by atoms with van der Waals surface area (Å²) in [6.45, 7) is 0. The predicted octanol–water partition coefficient (Wildman–Crippen LogP) is 7.70. The van der Waals surface area contributed by atoms with Crippen LogP contribution in [0.15, 0.2) is 82.4 Å². The first kappa shape index (κ1) is 20.3. The Morgan fingerprint density at radius 3 is 2.47 bits per heavy atom. The average molecular weight is 508 g/mol. The number of hydrogen-bond donors (Lipinski definition) is 0. The van der Waals surface area contributed by atoms with E-state index in [1.165, 1.54) is 11.1 Å². The molecule has 5 heteroatoms. The molecule has 3 aromatic carbocycles. The molecule has 0 N–H and O–H groups in total. The van der Waals surface area contributed by atoms with Crippen molar-refractivity contribution >= 4 is 33.2 Å². The Morgan fingerprint density at radius 2 is 1.72 bits per heavy atom. The highest BCUT2D eigenvalue weighted by atomic mass is 79.9. The van der Waals surface area contributed by atoms with Crippen LogP contribution in [0.25, 0.3) is 0 Å². The Bertz CT molecular complexity index is 1170. The van der Waals surface area contributed by atoms with Gasteiger partial charge in [-0.1, -0.05) is 70.0 Å². The van der Waals surface area contributed by atoms with Crippen molar-refractivity contribution < 1.29 is 4.74 Å². The number of halogens is 2. The molecule has 1 spiro atoms. The van der Waals surface area contributed by atoms with Crippen LogP contribution in [0.3, 0.4) is 0 Å². The van der Waals surface area contributed by atoms with E-state index in [0.717, 1.165) is 58.6 Å². The molecule has 0 aromatic heterocycles. The second kappa shape index (κ2) is 7.93. The maximum Gasteiger partial charge on any atom is 0.198 e. The molecule has 2 heterocycles. The van der Waals surface area contributed by atoms with E-state index < -0.39 is 0 Å². The minimum Gasteiger partial charge on any atom is -0.466 e. The van der Waals surface area contributed by atoms with E-state index >= 15 is 0 Å². The van der Waals surface area contributed by atoms with Gasteiger partial charge in [-0.05, 0) is 60.2 Å². The topological polar surface area (TPSA) is 24.8 Å². The quantitative estimate of drug-likeness (QED) is 0.355. The Hall–Kier alpha value is -2.30. The summed E-state index contributed by atoms with van der Waals surface area (Å²) in [6, 6.07) is 25.5. The molecule has 32 heavy (non-hydrogen) atoms. The molecule has 3 nitrogen and oxygen atoms in total. The summed E-state index contributed by atoms with van der Waals surface area (Å²) in [7, 11) is 0. The SMILES string of the molecule is Clc1ccc(C2=NN3[C@H](C2)c2cc(Br)ccc2OC32CCC(c3ccccc3)CC2)cc1. The molecule has 1 fully saturated rings. The van der Waals surface area contributed by atoms with Crippen LogP contribution in [0.5, 0.6) is 5.75 Å².